The van der Waals surface area contributed by atoms with Crippen LogP contribution in [0.15, 0.2) is 11.6 Å². The summed E-state index contributed by atoms with van der Waals surface area (Å²) < 4.78 is 0. The molecule has 8 nitrogen and oxygen atoms in total. The molecule has 0 spiro atoms. The topological polar surface area (TPSA) is 94.0 Å². The van der Waals surface area contributed by atoms with Gasteiger partial charge in [0, 0.05) is 44.2 Å². The van der Waals surface area contributed by atoms with Gasteiger partial charge in [-0.15, -0.1) is 11.3 Å². The summed E-state index contributed by atoms with van der Waals surface area (Å²) in [6, 6.07) is -0.300. The molecule has 0 bridgehead atoms. The van der Waals surface area contributed by atoms with Crippen molar-refractivity contribution in [2.45, 2.75) is 51.1 Å². The highest BCUT2D eigenvalue weighted by molar-refractivity contribution is 7.13. The number of rotatable bonds is 5. The summed E-state index contributed by atoms with van der Waals surface area (Å²) >= 11 is 1.55. The molecule has 3 rings (SSSR count). The molecule has 1 N–H and O–H groups in total. The third kappa shape index (κ3) is 4.58. The molecule has 2 aliphatic rings. The normalized spacial score (nSPS) is 23.1. The van der Waals surface area contributed by atoms with E-state index in [4.69, 9.17) is 5.11 Å². The Balaban J connectivity index is 1.64. The van der Waals surface area contributed by atoms with E-state index in [1.54, 1.807) is 17.5 Å². The Labute approximate surface area is 162 Å². The van der Waals surface area contributed by atoms with Gasteiger partial charge < -0.3 is 19.8 Å². The number of carboxylic acid groups (broad SMARTS) is 1. The van der Waals surface area contributed by atoms with Gasteiger partial charge in [-0.3, -0.25) is 14.4 Å². The molecule has 3 heterocycles. The van der Waals surface area contributed by atoms with Crippen molar-refractivity contribution in [2.24, 2.45) is 0 Å². The van der Waals surface area contributed by atoms with Crippen LogP contribution in [0, 0.1) is 0 Å². The molecular formula is C18H26N4O4S. The molecule has 0 aliphatic carbocycles. The van der Waals surface area contributed by atoms with E-state index >= 15 is 0 Å². The average molecular weight is 394 g/mol. The lowest BCUT2D eigenvalue weighted by Gasteiger charge is -2.30. The highest BCUT2D eigenvalue weighted by Gasteiger charge is 2.36. The predicted molar refractivity (Wildman–Crippen MR) is 102 cm³/mol. The number of aromatic nitrogens is 1. The van der Waals surface area contributed by atoms with E-state index in [0.717, 1.165) is 37.4 Å². The van der Waals surface area contributed by atoms with Crippen molar-refractivity contribution in [1.29, 1.82) is 0 Å². The molecule has 2 amide bonds. The smallest absolute Gasteiger partial charge is 0.323 e. The standard InChI is InChI=1S/C18H26N4O4S/c1-13(23)22(12-16(24)25)14-4-2-8-20(10-6-14)17(26)15-5-3-9-21(15)18-19-7-11-27-18/h7,11,14-15H,2-6,8-10,12H2,1H3,(H,24,25). The molecular weight excluding hydrogens is 368 g/mol. The van der Waals surface area contributed by atoms with Crippen molar-refractivity contribution < 1.29 is 19.5 Å². The van der Waals surface area contributed by atoms with E-state index in [9.17, 15) is 14.4 Å². The lowest BCUT2D eigenvalue weighted by atomic mass is 10.1. The van der Waals surface area contributed by atoms with Crippen molar-refractivity contribution in [3.63, 3.8) is 0 Å². The zero-order valence-electron chi connectivity index (χ0n) is 15.5. The Kier molecular flexibility index (Phi) is 6.30. The molecule has 0 saturated carbocycles. The first kappa shape index (κ1) is 19.6. The molecule has 0 aromatic carbocycles. The fourth-order valence-electron chi connectivity index (χ4n) is 4.08. The molecule has 1 aromatic rings. The maximum atomic E-state index is 13.1. The molecule has 0 radical (unpaired) electrons. The Hall–Kier alpha value is -2.16. The van der Waals surface area contributed by atoms with Crippen LogP contribution in [0.3, 0.4) is 0 Å². The summed E-state index contributed by atoms with van der Waals surface area (Å²) in [5.74, 6) is -1.11. The zero-order valence-corrected chi connectivity index (χ0v) is 16.4. The van der Waals surface area contributed by atoms with Crippen LogP contribution in [0.1, 0.15) is 39.0 Å². The van der Waals surface area contributed by atoms with Crippen molar-refractivity contribution in [2.75, 3.05) is 31.1 Å². The number of carboxylic acids is 1. The lowest BCUT2D eigenvalue weighted by molar-refractivity contribution is -0.145. The minimum atomic E-state index is -1.01. The van der Waals surface area contributed by atoms with Crippen LogP contribution in [0.2, 0.25) is 0 Å². The third-order valence-corrected chi connectivity index (χ3v) is 6.17. The Morgan fingerprint density at radius 1 is 1.22 bits per heavy atom. The summed E-state index contributed by atoms with van der Waals surface area (Å²) in [6.45, 7) is 3.16. The van der Waals surface area contributed by atoms with E-state index < -0.39 is 5.97 Å². The monoisotopic (exact) mass is 394 g/mol. The van der Waals surface area contributed by atoms with E-state index in [1.807, 2.05) is 10.3 Å². The fraction of sp³-hybridized carbons (Fsp3) is 0.667. The number of hydrogen-bond acceptors (Lipinski definition) is 6. The Morgan fingerprint density at radius 2 is 2.00 bits per heavy atom. The van der Waals surface area contributed by atoms with Gasteiger partial charge in [-0.25, -0.2) is 4.98 Å². The molecule has 148 valence electrons. The molecule has 2 aliphatic heterocycles. The summed E-state index contributed by atoms with van der Waals surface area (Å²) in [4.78, 5) is 45.8. The second-order valence-corrected chi connectivity index (χ2v) is 7.99. The van der Waals surface area contributed by atoms with Crippen LogP contribution in [0.25, 0.3) is 0 Å². The number of amides is 2. The number of thiazole rings is 1. The van der Waals surface area contributed by atoms with Crippen LogP contribution in [0.4, 0.5) is 5.13 Å². The van der Waals surface area contributed by atoms with Gasteiger partial charge in [-0.05, 0) is 32.1 Å². The maximum Gasteiger partial charge on any atom is 0.323 e. The van der Waals surface area contributed by atoms with Crippen LogP contribution in [-0.4, -0.2) is 75.9 Å². The highest BCUT2D eigenvalue weighted by atomic mass is 32.1. The van der Waals surface area contributed by atoms with Gasteiger partial charge in [-0.1, -0.05) is 0 Å². The molecule has 2 atom stereocenters. The van der Waals surface area contributed by atoms with Gasteiger partial charge in [0.15, 0.2) is 5.13 Å². The summed E-state index contributed by atoms with van der Waals surface area (Å²) in [7, 11) is 0. The lowest BCUT2D eigenvalue weighted by Crippen LogP contribution is -2.47. The fourth-order valence-corrected chi connectivity index (χ4v) is 4.79. The zero-order chi connectivity index (χ0) is 19.4. The van der Waals surface area contributed by atoms with Crippen LogP contribution >= 0.6 is 11.3 Å². The molecule has 1 aromatic heterocycles. The van der Waals surface area contributed by atoms with E-state index in [2.05, 4.69) is 9.88 Å². The summed E-state index contributed by atoms with van der Waals surface area (Å²) in [5, 5.41) is 11.9. The van der Waals surface area contributed by atoms with E-state index in [1.165, 1.54) is 11.8 Å². The van der Waals surface area contributed by atoms with Gasteiger partial charge in [0.2, 0.25) is 11.8 Å². The number of aliphatic carboxylic acids is 1. The summed E-state index contributed by atoms with van der Waals surface area (Å²) in [6.07, 6.45) is 5.67. The van der Waals surface area contributed by atoms with Crippen molar-refractivity contribution in [1.82, 2.24) is 14.8 Å². The van der Waals surface area contributed by atoms with E-state index in [-0.39, 0.29) is 30.4 Å². The number of nitrogens with zero attached hydrogens (tertiary/aromatic N) is 4. The average Bonchev–Trinajstić information content (AvgIpc) is 3.26. The van der Waals surface area contributed by atoms with E-state index in [0.29, 0.717) is 19.5 Å². The van der Waals surface area contributed by atoms with Gasteiger partial charge in [-0.2, -0.15) is 0 Å². The van der Waals surface area contributed by atoms with Gasteiger partial charge in [0.05, 0.1) is 0 Å². The molecule has 27 heavy (non-hydrogen) atoms. The number of likely N-dealkylation sites (tertiary alicyclic amines) is 1. The maximum absolute atomic E-state index is 13.1. The number of carbonyl (C=O) groups is 3. The first-order valence-electron chi connectivity index (χ1n) is 9.41. The van der Waals surface area contributed by atoms with Crippen LogP contribution in [-0.2, 0) is 14.4 Å². The molecule has 2 unspecified atom stereocenters. The number of carbonyl (C=O) groups excluding carboxylic acids is 2. The minimum Gasteiger partial charge on any atom is -0.480 e. The second-order valence-electron chi connectivity index (χ2n) is 7.12. The van der Waals surface area contributed by atoms with Gasteiger partial charge >= 0.3 is 5.97 Å². The highest BCUT2D eigenvalue weighted by Crippen LogP contribution is 2.29. The Bertz CT molecular complexity index is 681. The third-order valence-electron chi connectivity index (χ3n) is 5.36. The molecule has 2 fully saturated rings. The summed E-state index contributed by atoms with van der Waals surface area (Å²) in [5.41, 5.74) is 0. The minimum absolute atomic E-state index is 0.121. The largest absolute Gasteiger partial charge is 0.480 e. The number of hydrogen-bond donors (Lipinski definition) is 1. The van der Waals surface area contributed by atoms with Gasteiger partial charge in [0.1, 0.15) is 12.6 Å². The predicted octanol–water partition coefficient (Wildman–Crippen LogP) is 1.43. The van der Waals surface area contributed by atoms with Crippen LogP contribution in [0.5, 0.6) is 0 Å². The first-order chi connectivity index (χ1) is 13.0. The van der Waals surface area contributed by atoms with Crippen molar-refractivity contribution in [3.05, 3.63) is 11.6 Å². The van der Waals surface area contributed by atoms with Gasteiger partial charge in [0.25, 0.3) is 0 Å². The quantitative estimate of drug-likeness (QED) is 0.812. The van der Waals surface area contributed by atoms with Crippen LogP contribution < -0.4 is 4.90 Å². The van der Waals surface area contributed by atoms with Crippen molar-refractivity contribution >= 4 is 34.3 Å². The second kappa shape index (κ2) is 8.69. The van der Waals surface area contributed by atoms with Crippen molar-refractivity contribution in [3.8, 4) is 0 Å². The molecule has 9 heteroatoms. The Morgan fingerprint density at radius 3 is 2.67 bits per heavy atom. The molecule has 2 saturated heterocycles. The SMILES string of the molecule is CC(=O)N(CC(=O)O)C1CCCN(C(=O)C2CCCN2c2nccs2)CC1. The number of anilines is 1. The first-order valence-corrected chi connectivity index (χ1v) is 10.3.